The van der Waals surface area contributed by atoms with Gasteiger partial charge in [0.05, 0.1) is 5.36 Å². The molecule has 0 spiro atoms. The fourth-order valence-electron chi connectivity index (χ4n) is 1.35. The minimum Gasteiger partial charge on any atom is -0.285 e. The number of fused-ring (bicyclic) bond motifs is 1. The number of hydrogen-bond acceptors (Lipinski definition) is 1. The summed E-state index contributed by atoms with van der Waals surface area (Å²) in [5, 5.41) is 2.45. The summed E-state index contributed by atoms with van der Waals surface area (Å²) in [6.07, 6.45) is 4.63. The van der Waals surface area contributed by atoms with Crippen LogP contribution in [0.4, 0.5) is 0 Å². The van der Waals surface area contributed by atoms with E-state index < -0.39 is 0 Å². The van der Waals surface area contributed by atoms with Gasteiger partial charge in [-0.1, -0.05) is 24.3 Å². The Kier molecular flexibility index (Phi) is 1.72. The van der Waals surface area contributed by atoms with Gasteiger partial charge in [-0.3, -0.25) is 4.99 Å². The molecule has 1 heterocycles. The molecule has 11 heavy (non-hydrogen) atoms. The largest absolute Gasteiger partial charge is 0.285 e. The fraction of sp³-hybridized carbons (Fsp3) is 0.300. The van der Waals surface area contributed by atoms with E-state index in [1.54, 1.807) is 0 Å². The molecule has 0 saturated heterocycles. The average molecular weight is 145 g/mol. The molecular weight excluding hydrogens is 134 g/mol. The molecule has 0 saturated carbocycles. The van der Waals surface area contributed by atoms with Crippen LogP contribution in [0.15, 0.2) is 29.3 Å². The van der Waals surface area contributed by atoms with E-state index >= 15 is 0 Å². The Balaban J connectivity index is 2.73. The van der Waals surface area contributed by atoms with Crippen LogP contribution < -0.4 is 10.6 Å². The van der Waals surface area contributed by atoms with E-state index in [1.807, 2.05) is 6.07 Å². The summed E-state index contributed by atoms with van der Waals surface area (Å²) in [6.45, 7) is 0.980. The quantitative estimate of drug-likeness (QED) is 0.514. The van der Waals surface area contributed by atoms with Gasteiger partial charge >= 0.3 is 0 Å². The molecule has 0 fully saturated rings. The molecule has 1 aromatic rings. The fourth-order valence-corrected chi connectivity index (χ4v) is 1.35. The normalized spacial score (nSPS) is 15.6. The van der Waals surface area contributed by atoms with Crippen LogP contribution >= 0.6 is 0 Å². The molecule has 56 valence electrons. The number of para-hydroxylation sites is 1. The highest BCUT2D eigenvalue weighted by Gasteiger charge is 1.90. The Morgan fingerprint density at radius 1 is 1.18 bits per heavy atom. The van der Waals surface area contributed by atoms with Crippen molar-refractivity contribution in [1.82, 2.24) is 0 Å². The van der Waals surface area contributed by atoms with E-state index in [0.717, 1.165) is 11.9 Å². The van der Waals surface area contributed by atoms with Crippen molar-refractivity contribution in [2.24, 2.45) is 4.99 Å². The van der Waals surface area contributed by atoms with Crippen LogP contribution in [0.2, 0.25) is 0 Å². The molecule has 1 nitrogen and oxygen atoms in total. The molecule has 1 aromatic carbocycles. The smallest absolute Gasteiger partial charge is 0.0643 e. The first-order chi connectivity index (χ1) is 5.47. The highest BCUT2D eigenvalue weighted by Crippen LogP contribution is 1.91. The molecule has 0 N–H and O–H groups in total. The van der Waals surface area contributed by atoms with Crippen LogP contribution in [0.3, 0.4) is 0 Å². The van der Waals surface area contributed by atoms with Gasteiger partial charge in [-0.25, -0.2) is 0 Å². The van der Waals surface area contributed by atoms with Gasteiger partial charge in [-0.15, -0.1) is 0 Å². The number of rotatable bonds is 0. The van der Waals surface area contributed by atoms with Gasteiger partial charge in [0.15, 0.2) is 0 Å². The van der Waals surface area contributed by atoms with E-state index in [4.69, 9.17) is 0 Å². The van der Waals surface area contributed by atoms with Gasteiger partial charge in [0.2, 0.25) is 0 Å². The van der Waals surface area contributed by atoms with Crippen LogP contribution in [-0.2, 0) is 0 Å². The van der Waals surface area contributed by atoms with Crippen molar-refractivity contribution in [1.29, 1.82) is 0 Å². The Morgan fingerprint density at radius 2 is 2.09 bits per heavy atom. The second kappa shape index (κ2) is 2.87. The van der Waals surface area contributed by atoms with E-state index in [9.17, 15) is 0 Å². The first kappa shape index (κ1) is 6.59. The Hall–Kier alpha value is -1.11. The van der Waals surface area contributed by atoms with Gasteiger partial charge in [0.1, 0.15) is 0 Å². The highest BCUT2D eigenvalue weighted by molar-refractivity contribution is 5.23. The second-order valence-electron chi connectivity index (χ2n) is 2.79. The summed E-state index contributed by atoms with van der Waals surface area (Å²) in [5.41, 5.74) is 0. The molecule has 0 aliphatic carbocycles. The Labute approximate surface area is 66.1 Å². The van der Waals surface area contributed by atoms with Gasteiger partial charge in [-0.05, 0) is 24.1 Å². The number of benzene rings is 1. The van der Waals surface area contributed by atoms with E-state index in [-0.39, 0.29) is 0 Å². The predicted molar refractivity (Wildman–Crippen MR) is 45.8 cm³/mol. The molecule has 0 atom stereocenters. The van der Waals surface area contributed by atoms with E-state index in [1.165, 1.54) is 18.1 Å². The molecule has 1 aliphatic rings. The van der Waals surface area contributed by atoms with Gasteiger partial charge in [0.25, 0.3) is 0 Å². The Morgan fingerprint density at radius 3 is 3.09 bits per heavy atom. The molecule has 0 bridgehead atoms. The first-order valence-corrected chi connectivity index (χ1v) is 4.06. The standard InChI is InChI=1S/C10H11N/c1-2-7-10-9(5-1)6-3-4-8-11-10/h1-2,5-7H,3-4,8H2. The van der Waals surface area contributed by atoms with Crippen LogP contribution in [0.1, 0.15) is 12.8 Å². The summed E-state index contributed by atoms with van der Waals surface area (Å²) in [7, 11) is 0. The topological polar surface area (TPSA) is 12.4 Å². The van der Waals surface area contributed by atoms with Gasteiger partial charge < -0.3 is 0 Å². The molecule has 0 aromatic heterocycles. The lowest BCUT2D eigenvalue weighted by Crippen LogP contribution is -2.23. The lowest BCUT2D eigenvalue weighted by Gasteiger charge is -1.84. The van der Waals surface area contributed by atoms with Crippen molar-refractivity contribution in [2.75, 3.05) is 6.54 Å². The Bertz CT molecular complexity index is 316. The van der Waals surface area contributed by atoms with E-state index in [2.05, 4.69) is 29.3 Å². The third-order valence-electron chi connectivity index (χ3n) is 1.95. The lowest BCUT2D eigenvalue weighted by atomic mass is 10.2. The highest BCUT2D eigenvalue weighted by atomic mass is 14.7. The molecule has 0 amide bonds. The van der Waals surface area contributed by atoms with Crippen molar-refractivity contribution >= 4 is 6.08 Å². The predicted octanol–water partition coefficient (Wildman–Crippen LogP) is 0.880. The minimum atomic E-state index is 0.980. The molecule has 1 aliphatic heterocycles. The van der Waals surface area contributed by atoms with Crippen molar-refractivity contribution in [3.8, 4) is 0 Å². The zero-order valence-corrected chi connectivity index (χ0v) is 6.46. The van der Waals surface area contributed by atoms with E-state index in [0.29, 0.717) is 0 Å². The zero-order valence-electron chi connectivity index (χ0n) is 6.46. The second-order valence-corrected chi connectivity index (χ2v) is 2.79. The SMILES string of the molecule is C1=c2ccccc2=NCCC1. The van der Waals surface area contributed by atoms with Crippen molar-refractivity contribution in [2.45, 2.75) is 12.8 Å². The third-order valence-corrected chi connectivity index (χ3v) is 1.95. The summed E-state index contributed by atoms with van der Waals surface area (Å²) in [6, 6.07) is 8.32. The number of hydrogen-bond donors (Lipinski definition) is 0. The lowest BCUT2D eigenvalue weighted by molar-refractivity contribution is 0.867. The summed E-state index contributed by atoms with van der Waals surface area (Å²) in [5.74, 6) is 0. The van der Waals surface area contributed by atoms with Crippen molar-refractivity contribution in [3.05, 3.63) is 34.8 Å². The zero-order chi connectivity index (χ0) is 7.52. The van der Waals surface area contributed by atoms with Gasteiger partial charge in [-0.2, -0.15) is 0 Å². The maximum Gasteiger partial charge on any atom is 0.0643 e. The number of nitrogens with zero attached hydrogens (tertiary/aromatic N) is 1. The molecule has 2 rings (SSSR count). The third kappa shape index (κ3) is 1.32. The maximum absolute atomic E-state index is 4.46. The molecule has 0 unspecified atom stereocenters. The summed E-state index contributed by atoms with van der Waals surface area (Å²) in [4.78, 5) is 4.46. The molecule has 1 heteroatoms. The van der Waals surface area contributed by atoms with Crippen LogP contribution in [0.5, 0.6) is 0 Å². The molecular formula is C10H11N. The van der Waals surface area contributed by atoms with Crippen LogP contribution in [0, 0.1) is 0 Å². The monoisotopic (exact) mass is 145 g/mol. The first-order valence-electron chi connectivity index (χ1n) is 4.06. The maximum atomic E-state index is 4.46. The average Bonchev–Trinajstić information content (AvgIpc) is 2.28. The van der Waals surface area contributed by atoms with Crippen molar-refractivity contribution in [3.63, 3.8) is 0 Å². The van der Waals surface area contributed by atoms with Crippen molar-refractivity contribution < 1.29 is 0 Å². The summed E-state index contributed by atoms with van der Waals surface area (Å²) >= 11 is 0. The molecule has 0 radical (unpaired) electrons. The minimum absolute atomic E-state index is 0.980. The van der Waals surface area contributed by atoms with Crippen LogP contribution in [-0.4, -0.2) is 6.54 Å². The summed E-state index contributed by atoms with van der Waals surface area (Å²) < 4.78 is 0. The van der Waals surface area contributed by atoms with Gasteiger partial charge in [0, 0.05) is 6.54 Å². The van der Waals surface area contributed by atoms with Crippen LogP contribution in [0.25, 0.3) is 6.08 Å².